The number of methoxy groups -OCH3 is 1. The van der Waals surface area contributed by atoms with Gasteiger partial charge in [0.05, 0.1) is 35.5 Å². The van der Waals surface area contributed by atoms with Crippen molar-refractivity contribution < 1.29 is 31.9 Å². The first-order valence-electron chi connectivity index (χ1n) is 12.9. The Kier molecular flexibility index (Phi) is 8.22. The van der Waals surface area contributed by atoms with E-state index in [0.29, 0.717) is 17.1 Å². The van der Waals surface area contributed by atoms with E-state index < -0.39 is 23.6 Å². The van der Waals surface area contributed by atoms with Gasteiger partial charge in [-0.15, -0.1) is 5.10 Å². The molecule has 9 nitrogen and oxygen atoms in total. The van der Waals surface area contributed by atoms with Crippen molar-refractivity contribution in [1.29, 1.82) is 0 Å². The number of thioether (sulfide) groups is 1. The molecule has 0 saturated carbocycles. The average Bonchev–Trinajstić information content (AvgIpc) is 3.60. The Morgan fingerprint density at radius 1 is 1.09 bits per heavy atom. The van der Waals surface area contributed by atoms with Gasteiger partial charge in [0.15, 0.2) is 11.0 Å². The fraction of sp³-hybridized carbons (Fsp3) is 0.207. The van der Waals surface area contributed by atoms with E-state index in [2.05, 4.69) is 20.4 Å². The van der Waals surface area contributed by atoms with Gasteiger partial charge in [-0.25, -0.2) is 18.9 Å². The number of aliphatic imine (C=N–C) groups is 1. The topological polar surface area (TPSA) is 102 Å². The Balaban J connectivity index is 1.33. The van der Waals surface area contributed by atoms with Gasteiger partial charge in [0.25, 0.3) is 0 Å². The number of amides is 3. The van der Waals surface area contributed by atoms with Crippen LogP contribution in [0.5, 0.6) is 5.75 Å². The Labute approximate surface area is 247 Å². The third-order valence-electron chi connectivity index (χ3n) is 6.48. The third-order valence-corrected chi connectivity index (χ3v) is 7.41. The summed E-state index contributed by atoms with van der Waals surface area (Å²) in [6.07, 6.45) is -3.17. The summed E-state index contributed by atoms with van der Waals surface area (Å²) < 4.78 is 60.1. The minimum Gasteiger partial charge on any atom is -0.497 e. The fourth-order valence-electron chi connectivity index (χ4n) is 4.32. The van der Waals surface area contributed by atoms with E-state index in [9.17, 15) is 22.8 Å². The zero-order valence-corrected chi connectivity index (χ0v) is 23.8. The molecule has 1 N–H and O–H groups in total. The molecular formula is C29H24F4N6O3S. The summed E-state index contributed by atoms with van der Waals surface area (Å²) in [6.45, 7) is 3.95. The maximum absolute atomic E-state index is 15.0. The maximum atomic E-state index is 15.0. The van der Waals surface area contributed by atoms with Crippen LogP contribution in [0.2, 0.25) is 0 Å². The van der Waals surface area contributed by atoms with Crippen LogP contribution >= 0.6 is 11.8 Å². The number of amidine groups is 1. The molecule has 5 rings (SSSR count). The summed E-state index contributed by atoms with van der Waals surface area (Å²) in [5.41, 5.74) is 1.06. The van der Waals surface area contributed by atoms with Gasteiger partial charge in [0, 0.05) is 11.6 Å². The Morgan fingerprint density at radius 3 is 2.49 bits per heavy atom. The van der Waals surface area contributed by atoms with Crippen molar-refractivity contribution in [2.24, 2.45) is 4.99 Å². The Morgan fingerprint density at radius 2 is 1.84 bits per heavy atom. The highest BCUT2D eigenvalue weighted by Crippen LogP contribution is 2.36. The van der Waals surface area contributed by atoms with Gasteiger partial charge >= 0.3 is 12.2 Å². The SMILES string of the molecule is COc1ccc(C(C)C)c(N2C(=O)CSC2=NC(=O)Nc2ccc(-c3ncn(-c4ccc(C(F)(F)F)cc4)n3)cc2F)c1. The molecule has 0 bridgehead atoms. The zero-order chi connectivity index (χ0) is 30.9. The van der Waals surface area contributed by atoms with Crippen molar-refractivity contribution >= 4 is 40.2 Å². The molecule has 1 aromatic heterocycles. The normalized spacial score (nSPS) is 14.6. The molecule has 3 aromatic carbocycles. The second-order valence-electron chi connectivity index (χ2n) is 9.67. The van der Waals surface area contributed by atoms with E-state index in [1.54, 1.807) is 12.1 Å². The summed E-state index contributed by atoms with van der Waals surface area (Å²) in [5.74, 6) is -0.251. The third kappa shape index (κ3) is 6.38. The van der Waals surface area contributed by atoms with Crippen LogP contribution in [0.25, 0.3) is 17.1 Å². The minimum atomic E-state index is -4.47. The highest BCUT2D eigenvalue weighted by molar-refractivity contribution is 8.15. The van der Waals surface area contributed by atoms with Crippen LogP contribution in [0.4, 0.5) is 33.7 Å². The monoisotopic (exact) mass is 612 g/mol. The highest BCUT2D eigenvalue weighted by Gasteiger charge is 2.33. The van der Waals surface area contributed by atoms with Gasteiger partial charge < -0.3 is 10.1 Å². The number of halogens is 4. The number of nitrogens with zero attached hydrogens (tertiary/aromatic N) is 5. The number of rotatable bonds is 6. The summed E-state index contributed by atoms with van der Waals surface area (Å²) in [5, 5.41) is 6.76. The molecule has 1 fully saturated rings. The number of ether oxygens (including phenoxy) is 1. The van der Waals surface area contributed by atoms with Gasteiger partial charge in [-0.2, -0.15) is 18.2 Å². The lowest BCUT2D eigenvalue weighted by atomic mass is 10.00. The highest BCUT2D eigenvalue weighted by atomic mass is 32.2. The largest absolute Gasteiger partial charge is 0.497 e. The molecule has 0 aliphatic carbocycles. The maximum Gasteiger partial charge on any atom is 0.416 e. The number of anilines is 2. The smallest absolute Gasteiger partial charge is 0.416 e. The average molecular weight is 613 g/mol. The van der Waals surface area contributed by atoms with E-state index in [-0.39, 0.29) is 39.8 Å². The molecule has 0 atom stereocenters. The van der Waals surface area contributed by atoms with Crippen molar-refractivity contribution in [3.8, 4) is 22.8 Å². The second kappa shape index (κ2) is 11.9. The van der Waals surface area contributed by atoms with Gasteiger partial charge in [-0.1, -0.05) is 31.7 Å². The minimum absolute atomic E-state index is 0.0674. The predicted octanol–water partition coefficient (Wildman–Crippen LogP) is 6.89. The summed E-state index contributed by atoms with van der Waals surface area (Å²) in [4.78, 5) is 35.1. The van der Waals surface area contributed by atoms with Gasteiger partial charge in [0.2, 0.25) is 5.91 Å². The van der Waals surface area contributed by atoms with Crippen LogP contribution in [0.3, 0.4) is 0 Å². The zero-order valence-electron chi connectivity index (χ0n) is 23.0. The van der Waals surface area contributed by atoms with Crippen molar-refractivity contribution in [1.82, 2.24) is 14.8 Å². The van der Waals surface area contributed by atoms with E-state index >= 15 is 4.39 Å². The molecule has 1 aliphatic rings. The number of hydrogen-bond donors (Lipinski definition) is 1. The molecule has 43 heavy (non-hydrogen) atoms. The lowest BCUT2D eigenvalue weighted by Gasteiger charge is -2.22. The molecular weight excluding hydrogens is 588 g/mol. The molecule has 4 aromatic rings. The van der Waals surface area contributed by atoms with E-state index in [4.69, 9.17) is 4.74 Å². The molecule has 1 saturated heterocycles. The number of carbonyl (C=O) groups excluding carboxylic acids is 2. The Hall–Kier alpha value is -4.72. The van der Waals surface area contributed by atoms with Crippen LogP contribution in [0.1, 0.15) is 30.9 Å². The Bertz CT molecular complexity index is 1720. The lowest BCUT2D eigenvalue weighted by molar-refractivity contribution is -0.137. The van der Waals surface area contributed by atoms with Crippen molar-refractivity contribution in [2.45, 2.75) is 25.9 Å². The lowest BCUT2D eigenvalue weighted by Crippen LogP contribution is -2.31. The molecule has 3 amide bonds. The van der Waals surface area contributed by atoms with Gasteiger partial charge in [-0.05, 0) is 60.0 Å². The first-order chi connectivity index (χ1) is 20.4. The van der Waals surface area contributed by atoms with Crippen LogP contribution in [-0.4, -0.2) is 44.7 Å². The van der Waals surface area contributed by atoms with Crippen molar-refractivity contribution in [3.05, 3.63) is 83.9 Å². The number of aromatic nitrogens is 3. The quantitative estimate of drug-likeness (QED) is 0.238. The van der Waals surface area contributed by atoms with Gasteiger partial charge in [0.1, 0.15) is 17.9 Å². The van der Waals surface area contributed by atoms with Gasteiger partial charge in [-0.3, -0.25) is 9.69 Å². The van der Waals surface area contributed by atoms with E-state index in [0.717, 1.165) is 35.5 Å². The molecule has 0 spiro atoms. The number of urea groups is 1. The molecule has 14 heteroatoms. The van der Waals surface area contributed by atoms with Crippen LogP contribution in [0, 0.1) is 5.82 Å². The molecule has 1 aliphatic heterocycles. The summed E-state index contributed by atoms with van der Waals surface area (Å²) in [7, 11) is 1.51. The second-order valence-corrected chi connectivity index (χ2v) is 10.6. The van der Waals surface area contributed by atoms with Crippen molar-refractivity contribution in [3.63, 3.8) is 0 Å². The first-order valence-corrected chi connectivity index (χ1v) is 13.9. The molecule has 222 valence electrons. The molecule has 2 heterocycles. The number of hydrogen-bond acceptors (Lipinski definition) is 6. The van der Waals surface area contributed by atoms with Crippen LogP contribution < -0.4 is 15.0 Å². The predicted molar refractivity (Wildman–Crippen MR) is 155 cm³/mol. The fourth-order valence-corrected chi connectivity index (χ4v) is 5.18. The number of benzene rings is 3. The standard InChI is InChI=1S/C29H24F4N6O3S/c1-16(2)21-10-9-20(42-3)13-24(21)39-25(40)14-43-28(39)36-27(41)35-23-11-4-17(12-22(23)30)26-34-15-38(37-26)19-7-5-18(6-8-19)29(31,32)33/h4-13,15-16H,14H2,1-3H3,(H,35,41). The van der Waals surface area contributed by atoms with E-state index in [1.807, 2.05) is 19.9 Å². The van der Waals surface area contributed by atoms with E-state index in [1.165, 1.54) is 47.3 Å². The summed E-state index contributed by atoms with van der Waals surface area (Å²) in [6, 6.07) is 12.7. The molecule has 0 radical (unpaired) electrons. The number of alkyl halides is 3. The summed E-state index contributed by atoms with van der Waals surface area (Å²) >= 11 is 1.09. The number of carbonyl (C=O) groups is 2. The van der Waals surface area contributed by atoms with Crippen molar-refractivity contribution in [2.75, 3.05) is 23.1 Å². The molecule has 0 unspecified atom stereocenters. The van der Waals surface area contributed by atoms with Crippen LogP contribution in [-0.2, 0) is 11.0 Å². The van der Waals surface area contributed by atoms with Crippen LogP contribution in [0.15, 0.2) is 72.0 Å². The first kappa shape index (κ1) is 29.8. The number of nitrogens with one attached hydrogen (secondary N) is 1.